The second kappa shape index (κ2) is 10.2. The Hall–Kier alpha value is -1.20. The van der Waals surface area contributed by atoms with E-state index < -0.39 is 0 Å². The maximum atomic E-state index is 6.15. The van der Waals surface area contributed by atoms with Crippen molar-refractivity contribution in [3.8, 4) is 0 Å². The highest BCUT2D eigenvalue weighted by Gasteiger charge is 2.27. The highest BCUT2D eigenvalue weighted by atomic mass is 32.2. The largest absolute Gasteiger partial charge is 0.373 e. The Morgan fingerprint density at radius 1 is 1.23 bits per heavy atom. The fraction of sp³-hybridized carbons (Fsp3) is 0.667. The molecule has 2 aliphatic heterocycles. The zero-order chi connectivity index (χ0) is 18.2. The second-order valence-corrected chi connectivity index (χ2v) is 8.53. The lowest BCUT2D eigenvalue weighted by Gasteiger charge is -2.31. The van der Waals surface area contributed by atoms with Crippen LogP contribution in [0.25, 0.3) is 0 Å². The monoisotopic (exact) mass is 375 g/mol. The molecule has 4 nitrogen and oxygen atoms in total. The SMILES string of the molecule is CCNC(=NCC1CCCOC1c1ccc(C)cc1)NC1CCCSC1. The Balaban J connectivity index is 1.64. The van der Waals surface area contributed by atoms with Crippen LogP contribution in [0.4, 0.5) is 0 Å². The summed E-state index contributed by atoms with van der Waals surface area (Å²) in [6.07, 6.45) is 5.03. The van der Waals surface area contributed by atoms with Crippen LogP contribution < -0.4 is 10.6 Å². The molecule has 1 aromatic carbocycles. The van der Waals surface area contributed by atoms with Gasteiger partial charge in [-0.2, -0.15) is 11.8 Å². The molecule has 144 valence electrons. The van der Waals surface area contributed by atoms with Gasteiger partial charge in [0.05, 0.1) is 6.10 Å². The molecule has 2 aliphatic rings. The number of hydrogen-bond donors (Lipinski definition) is 2. The first kappa shape index (κ1) is 19.6. The van der Waals surface area contributed by atoms with Crippen molar-refractivity contribution < 1.29 is 4.74 Å². The van der Waals surface area contributed by atoms with Gasteiger partial charge >= 0.3 is 0 Å². The number of nitrogens with one attached hydrogen (secondary N) is 2. The minimum atomic E-state index is 0.168. The van der Waals surface area contributed by atoms with E-state index in [2.05, 4.69) is 48.7 Å². The first-order chi connectivity index (χ1) is 12.8. The molecule has 5 heteroatoms. The van der Waals surface area contributed by atoms with Gasteiger partial charge < -0.3 is 15.4 Å². The molecule has 0 radical (unpaired) electrons. The van der Waals surface area contributed by atoms with Crippen LogP contribution in [0, 0.1) is 12.8 Å². The number of rotatable bonds is 5. The molecule has 26 heavy (non-hydrogen) atoms. The van der Waals surface area contributed by atoms with Crippen LogP contribution in [0.3, 0.4) is 0 Å². The van der Waals surface area contributed by atoms with Gasteiger partial charge in [-0.3, -0.25) is 4.99 Å². The van der Waals surface area contributed by atoms with Crippen molar-refractivity contribution >= 4 is 17.7 Å². The highest BCUT2D eigenvalue weighted by Crippen LogP contribution is 2.34. The standard InChI is InChI=1S/C21H33N3OS/c1-3-22-21(24-19-7-5-13-26-15-19)23-14-18-6-4-12-25-20(18)17-10-8-16(2)9-11-17/h8-11,18-20H,3-7,12-15H2,1-2H3,(H2,22,23,24). The number of guanidine groups is 1. The fourth-order valence-corrected chi connectivity index (χ4v) is 4.80. The topological polar surface area (TPSA) is 45.7 Å². The van der Waals surface area contributed by atoms with Gasteiger partial charge in [0.25, 0.3) is 0 Å². The smallest absolute Gasteiger partial charge is 0.191 e. The Morgan fingerprint density at radius 3 is 2.81 bits per heavy atom. The van der Waals surface area contributed by atoms with Crippen molar-refractivity contribution in [2.24, 2.45) is 10.9 Å². The average Bonchev–Trinajstić information content (AvgIpc) is 2.68. The van der Waals surface area contributed by atoms with Crippen molar-refractivity contribution in [1.29, 1.82) is 0 Å². The Kier molecular flexibility index (Phi) is 7.69. The summed E-state index contributed by atoms with van der Waals surface area (Å²) in [6, 6.07) is 9.33. The van der Waals surface area contributed by atoms with Gasteiger partial charge in [-0.05, 0) is 50.8 Å². The summed E-state index contributed by atoms with van der Waals surface area (Å²) in [4.78, 5) is 4.93. The van der Waals surface area contributed by atoms with Crippen LogP contribution in [0.15, 0.2) is 29.3 Å². The first-order valence-electron chi connectivity index (χ1n) is 10.1. The van der Waals surface area contributed by atoms with E-state index in [-0.39, 0.29) is 6.10 Å². The van der Waals surface area contributed by atoms with Gasteiger partial charge in [-0.25, -0.2) is 0 Å². The first-order valence-corrected chi connectivity index (χ1v) is 11.2. The lowest BCUT2D eigenvalue weighted by atomic mass is 9.89. The third kappa shape index (κ3) is 5.65. The summed E-state index contributed by atoms with van der Waals surface area (Å²) in [7, 11) is 0. The minimum absolute atomic E-state index is 0.168. The molecule has 3 atom stereocenters. The molecule has 3 rings (SSSR count). The van der Waals surface area contributed by atoms with Gasteiger partial charge in [-0.1, -0.05) is 29.8 Å². The number of benzene rings is 1. The van der Waals surface area contributed by atoms with Crippen molar-refractivity contribution in [3.63, 3.8) is 0 Å². The Morgan fingerprint density at radius 2 is 2.08 bits per heavy atom. The molecule has 2 heterocycles. The molecule has 0 saturated carbocycles. The van der Waals surface area contributed by atoms with Crippen molar-refractivity contribution in [1.82, 2.24) is 10.6 Å². The number of thioether (sulfide) groups is 1. The Bertz CT molecular complexity index is 569. The van der Waals surface area contributed by atoms with Gasteiger partial charge in [0.15, 0.2) is 5.96 Å². The van der Waals surface area contributed by atoms with E-state index in [1.165, 1.54) is 41.9 Å². The lowest BCUT2D eigenvalue weighted by Crippen LogP contribution is -2.45. The van der Waals surface area contributed by atoms with E-state index in [0.717, 1.165) is 32.1 Å². The van der Waals surface area contributed by atoms with Crippen LogP contribution in [0.5, 0.6) is 0 Å². The maximum absolute atomic E-state index is 6.15. The predicted molar refractivity (Wildman–Crippen MR) is 112 cm³/mol. The minimum Gasteiger partial charge on any atom is -0.373 e. The van der Waals surface area contributed by atoms with E-state index in [1.807, 2.05) is 11.8 Å². The molecule has 3 unspecified atom stereocenters. The molecular formula is C21H33N3OS. The van der Waals surface area contributed by atoms with E-state index >= 15 is 0 Å². The summed E-state index contributed by atoms with van der Waals surface area (Å²) in [5.74, 6) is 3.89. The van der Waals surface area contributed by atoms with Gasteiger partial charge in [0, 0.05) is 37.4 Å². The van der Waals surface area contributed by atoms with Crippen LogP contribution in [-0.2, 0) is 4.74 Å². The number of ether oxygens (including phenoxy) is 1. The van der Waals surface area contributed by atoms with Crippen molar-refractivity contribution in [2.75, 3.05) is 31.2 Å². The molecule has 0 spiro atoms. The van der Waals surface area contributed by atoms with E-state index in [4.69, 9.17) is 9.73 Å². The van der Waals surface area contributed by atoms with E-state index in [1.54, 1.807) is 0 Å². The molecule has 2 fully saturated rings. The summed E-state index contributed by atoms with van der Waals surface area (Å²) < 4.78 is 6.15. The number of hydrogen-bond acceptors (Lipinski definition) is 3. The number of nitrogens with zero attached hydrogens (tertiary/aromatic N) is 1. The summed E-state index contributed by atoms with van der Waals surface area (Å²) in [5, 5.41) is 7.06. The molecule has 1 aromatic rings. The second-order valence-electron chi connectivity index (χ2n) is 7.38. The van der Waals surface area contributed by atoms with E-state index in [9.17, 15) is 0 Å². The van der Waals surface area contributed by atoms with E-state index in [0.29, 0.717) is 12.0 Å². The lowest BCUT2D eigenvalue weighted by molar-refractivity contribution is -0.0250. The summed E-state index contributed by atoms with van der Waals surface area (Å²) >= 11 is 2.04. The highest BCUT2D eigenvalue weighted by molar-refractivity contribution is 7.99. The third-order valence-corrected chi connectivity index (χ3v) is 6.40. The maximum Gasteiger partial charge on any atom is 0.191 e. The molecule has 2 N–H and O–H groups in total. The molecule has 0 aliphatic carbocycles. The van der Waals surface area contributed by atoms with Crippen LogP contribution in [0.1, 0.15) is 49.8 Å². The third-order valence-electron chi connectivity index (χ3n) is 5.18. The number of aryl methyl sites for hydroxylation is 1. The number of aliphatic imine (C=N–C) groups is 1. The fourth-order valence-electron chi connectivity index (χ4n) is 3.73. The normalized spacial score (nSPS) is 27.2. The molecule has 2 saturated heterocycles. The van der Waals surface area contributed by atoms with Gasteiger partial charge in [0.2, 0.25) is 0 Å². The molecular weight excluding hydrogens is 342 g/mol. The van der Waals surface area contributed by atoms with Gasteiger partial charge in [-0.15, -0.1) is 0 Å². The molecule has 0 bridgehead atoms. The Labute approximate surface area is 162 Å². The van der Waals surface area contributed by atoms with Crippen molar-refractivity contribution in [3.05, 3.63) is 35.4 Å². The quantitative estimate of drug-likeness (QED) is 0.605. The summed E-state index contributed by atoms with van der Waals surface area (Å²) in [6.45, 7) is 6.83. The molecule has 0 aromatic heterocycles. The van der Waals surface area contributed by atoms with Crippen molar-refractivity contribution in [2.45, 2.75) is 51.7 Å². The summed E-state index contributed by atoms with van der Waals surface area (Å²) in [5.41, 5.74) is 2.58. The van der Waals surface area contributed by atoms with Crippen LogP contribution >= 0.6 is 11.8 Å². The predicted octanol–water partition coefficient (Wildman–Crippen LogP) is 3.91. The zero-order valence-electron chi connectivity index (χ0n) is 16.2. The van der Waals surface area contributed by atoms with Crippen LogP contribution in [0.2, 0.25) is 0 Å². The molecule has 0 amide bonds. The average molecular weight is 376 g/mol. The van der Waals surface area contributed by atoms with Gasteiger partial charge in [0.1, 0.15) is 0 Å². The van der Waals surface area contributed by atoms with Crippen LogP contribution in [-0.4, -0.2) is 43.2 Å². The zero-order valence-corrected chi connectivity index (χ0v) is 17.0.